The lowest BCUT2D eigenvalue weighted by Crippen LogP contribution is -2.35. The maximum Gasteiger partial charge on any atom is 0.310 e. The molecule has 1 heterocycles. The Bertz CT molecular complexity index is 621. The lowest BCUT2D eigenvalue weighted by Gasteiger charge is -2.27. The summed E-state index contributed by atoms with van der Waals surface area (Å²) in [5.74, 6) is -0.827. The number of aromatic amines is 1. The van der Waals surface area contributed by atoms with Crippen molar-refractivity contribution in [2.75, 3.05) is 0 Å². The van der Waals surface area contributed by atoms with Crippen LogP contribution in [0.4, 0.5) is 4.39 Å². The standard InChI is InChI=1S/C14H17FN2O2/c1-8(2)14(3,13(18)19)7-11-16-10-6-4-5-9(15)12(10)17-11/h4-6,8H,7H2,1-3H3,(H,16,17)(H,18,19). The van der Waals surface area contributed by atoms with Gasteiger partial charge in [-0.2, -0.15) is 0 Å². The number of aliphatic carboxylic acids is 1. The number of nitrogens with zero attached hydrogens (tertiary/aromatic N) is 1. The monoisotopic (exact) mass is 264 g/mol. The number of halogens is 1. The molecule has 2 N–H and O–H groups in total. The van der Waals surface area contributed by atoms with Gasteiger partial charge in [0.05, 0.1) is 10.9 Å². The molecule has 0 saturated heterocycles. The first kappa shape index (κ1) is 13.5. The fraction of sp³-hybridized carbons (Fsp3) is 0.429. The smallest absolute Gasteiger partial charge is 0.310 e. The number of hydrogen-bond donors (Lipinski definition) is 2. The Labute approximate surface area is 110 Å². The molecule has 0 saturated carbocycles. The van der Waals surface area contributed by atoms with Crippen molar-refractivity contribution >= 4 is 17.0 Å². The van der Waals surface area contributed by atoms with Crippen LogP contribution < -0.4 is 0 Å². The van der Waals surface area contributed by atoms with Crippen LogP contribution in [-0.4, -0.2) is 21.0 Å². The topological polar surface area (TPSA) is 66.0 Å². The Hall–Kier alpha value is -1.91. The van der Waals surface area contributed by atoms with Gasteiger partial charge in [-0.05, 0) is 25.0 Å². The number of carbonyl (C=O) groups is 1. The predicted octanol–water partition coefficient (Wildman–Crippen LogP) is 2.99. The molecule has 4 nitrogen and oxygen atoms in total. The Morgan fingerprint density at radius 1 is 1.53 bits per heavy atom. The Morgan fingerprint density at radius 2 is 2.21 bits per heavy atom. The molecule has 1 atom stereocenters. The molecule has 102 valence electrons. The van der Waals surface area contributed by atoms with E-state index in [9.17, 15) is 14.3 Å². The van der Waals surface area contributed by atoms with Gasteiger partial charge >= 0.3 is 5.97 Å². The first-order valence-electron chi connectivity index (χ1n) is 6.21. The molecular formula is C14H17FN2O2. The van der Waals surface area contributed by atoms with E-state index in [1.807, 2.05) is 13.8 Å². The first-order valence-corrected chi connectivity index (χ1v) is 6.21. The first-order chi connectivity index (χ1) is 8.84. The summed E-state index contributed by atoms with van der Waals surface area (Å²) in [5.41, 5.74) is -0.0786. The molecule has 0 radical (unpaired) electrons. The largest absolute Gasteiger partial charge is 0.481 e. The number of carboxylic acids is 1. The zero-order valence-electron chi connectivity index (χ0n) is 11.2. The van der Waals surface area contributed by atoms with E-state index in [1.165, 1.54) is 6.07 Å². The molecule has 0 aliphatic carbocycles. The average molecular weight is 264 g/mol. The van der Waals surface area contributed by atoms with Crippen LogP contribution in [0, 0.1) is 17.2 Å². The summed E-state index contributed by atoms with van der Waals surface area (Å²) in [6, 6.07) is 4.66. The van der Waals surface area contributed by atoms with E-state index in [1.54, 1.807) is 19.1 Å². The van der Waals surface area contributed by atoms with E-state index < -0.39 is 17.2 Å². The Kier molecular flexibility index (Phi) is 3.30. The predicted molar refractivity (Wildman–Crippen MR) is 70.3 cm³/mol. The highest BCUT2D eigenvalue weighted by Gasteiger charge is 2.37. The van der Waals surface area contributed by atoms with Gasteiger partial charge in [0.15, 0.2) is 5.82 Å². The molecule has 1 unspecified atom stereocenters. The third kappa shape index (κ3) is 2.32. The molecule has 0 aliphatic rings. The number of hydrogen-bond acceptors (Lipinski definition) is 2. The summed E-state index contributed by atoms with van der Waals surface area (Å²) in [5, 5.41) is 9.38. The highest BCUT2D eigenvalue weighted by atomic mass is 19.1. The number of H-pyrrole nitrogens is 1. The molecule has 0 bridgehead atoms. The van der Waals surface area contributed by atoms with Gasteiger partial charge in [0.1, 0.15) is 11.3 Å². The molecule has 1 aromatic carbocycles. The van der Waals surface area contributed by atoms with Crippen LogP contribution in [0.5, 0.6) is 0 Å². The van der Waals surface area contributed by atoms with Crippen molar-refractivity contribution in [3.63, 3.8) is 0 Å². The molecule has 1 aromatic heterocycles. The van der Waals surface area contributed by atoms with Crippen LogP contribution in [0.15, 0.2) is 18.2 Å². The van der Waals surface area contributed by atoms with Crippen LogP contribution in [0.3, 0.4) is 0 Å². The van der Waals surface area contributed by atoms with Crippen molar-refractivity contribution < 1.29 is 14.3 Å². The van der Waals surface area contributed by atoms with Crippen LogP contribution in [0.2, 0.25) is 0 Å². The number of nitrogens with one attached hydrogen (secondary N) is 1. The summed E-state index contributed by atoms with van der Waals surface area (Å²) in [4.78, 5) is 18.6. The fourth-order valence-electron chi connectivity index (χ4n) is 2.01. The van der Waals surface area contributed by atoms with Gasteiger partial charge in [-0.25, -0.2) is 9.37 Å². The number of carboxylic acid groups (broad SMARTS) is 1. The van der Waals surface area contributed by atoms with E-state index in [2.05, 4.69) is 9.97 Å². The maximum atomic E-state index is 13.6. The van der Waals surface area contributed by atoms with Crippen molar-refractivity contribution in [3.05, 3.63) is 29.8 Å². The minimum absolute atomic E-state index is 0.0527. The summed E-state index contributed by atoms with van der Waals surface area (Å²) >= 11 is 0. The van der Waals surface area contributed by atoms with Crippen molar-refractivity contribution in [2.24, 2.45) is 11.3 Å². The summed E-state index contributed by atoms with van der Waals surface area (Å²) < 4.78 is 13.6. The maximum absolute atomic E-state index is 13.6. The average Bonchev–Trinajstić information content (AvgIpc) is 2.72. The van der Waals surface area contributed by atoms with E-state index in [0.29, 0.717) is 11.3 Å². The lowest BCUT2D eigenvalue weighted by molar-refractivity contribution is -0.150. The highest BCUT2D eigenvalue weighted by Crippen LogP contribution is 2.31. The number of benzene rings is 1. The van der Waals surface area contributed by atoms with Crippen LogP contribution in [0.25, 0.3) is 11.0 Å². The molecule has 19 heavy (non-hydrogen) atoms. The molecule has 2 aromatic rings. The van der Waals surface area contributed by atoms with Crippen LogP contribution in [-0.2, 0) is 11.2 Å². The molecular weight excluding hydrogens is 247 g/mol. The van der Waals surface area contributed by atoms with Gasteiger partial charge in [0, 0.05) is 6.42 Å². The molecule has 0 fully saturated rings. The minimum atomic E-state index is -0.926. The van der Waals surface area contributed by atoms with Crippen molar-refractivity contribution in [2.45, 2.75) is 27.2 Å². The highest BCUT2D eigenvalue weighted by molar-refractivity contribution is 5.77. The number of para-hydroxylation sites is 1. The quantitative estimate of drug-likeness (QED) is 0.892. The Morgan fingerprint density at radius 3 is 2.74 bits per heavy atom. The fourth-order valence-corrected chi connectivity index (χ4v) is 2.01. The molecule has 2 rings (SSSR count). The third-order valence-corrected chi connectivity index (χ3v) is 3.81. The summed E-state index contributed by atoms with van der Waals surface area (Å²) in [7, 11) is 0. The van der Waals surface area contributed by atoms with Gasteiger partial charge in [0.25, 0.3) is 0 Å². The van der Waals surface area contributed by atoms with E-state index in [-0.39, 0.29) is 17.9 Å². The third-order valence-electron chi connectivity index (χ3n) is 3.81. The SMILES string of the molecule is CC(C)C(C)(Cc1nc2c(F)cccc2[nH]1)C(=O)O. The second kappa shape index (κ2) is 4.64. The number of rotatable bonds is 4. The van der Waals surface area contributed by atoms with Gasteiger partial charge < -0.3 is 10.1 Å². The van der Waals surface area contributed by atoms with Gasteiger partial charge in [0.2, 0.25) is 0 Å². The number of aromatic nitrogens is 2. The Balaban J connectivity index is 2.40. The van der Waals surface area contributed by atoms with E-state index in [4.69, 9.17) is 0 Å². The van der Waals surface area contributed by atoms with Crippen molar-refractivity contribution in [1.82, 2.24) is 9.97 Å². The number of fused-ring (bicyclic) bond motifs is 1. The van der Waals surface area contributed by atoms with Crippen molar-refractivity contribution in [1.29, 1.82) is 0 Å². The van der Waals surface area contributed by atoms with E-state index in [0.717, 1.165) is 0 Å². The zero-order chi connectivity index (χ0) is 14.2. The lowest BCUT2D eigenvalue weighted by atomic mass is 9.76. The second-order valence-corrected chi connectivity index (χ2v) is 5.37. The van der Waals surface area contributed by atoms with Crippen LogP contribution in [0.1, 0.15) is 26.6 Å². The van der Waals surface area contributed by atoms with Gasteiger partial charge in [-0.1, -0.05) is 19.9 Å². The van der Waals surface area contributed by atoms with Crippen molar-refractivity contribution in [3.8, 4) is 0 Å². The summed E-state index contributed by atoms with van der Waals surface area (Å²) in [6.07, 6.45) is 0.244. The molecule has 5 heteroatoms. The minimum Gasteiger partial charge on any atom is -0.481 e. The second-order valence-electron chi connectivity index (χ2n) is 5.37. The van der Waals surface area contributed by atoms with Gasteiger partial charge in [-0.15, -0.1) is 0 Å². The molecule has 0 spiro atoms. The zero-order valence-corrected chi connectivity index (χ0v) is 11.2. The van der Waals surface area contributed by atoms with Gasteiger partial charge in [-0.3, -0.25) is 4.79 Å². The number of imidazole rings is 1. The van der Waals surface area contributed by atoms with Crippen LogP contribution >= 0.6 is 0 Å². The normalized spacial score (nSPS) is 14.8. The summed E-state index contributed by atoms with van der Waals surface area (Å²) in [6.45, 7) is 5.40. The molecule has 0 aliphatic heterocycles. The van der Waals surface area contributed by atoms with E-state index >= 15 is 0 Å². The molecule has 0 amide bonds.